The number of hydrogen-bond acceptors (Lipinski definition) is 4. The number of pyridine rings is 1. The molecule has 1 aromatic carbocycles. The van der Waals surface area contributed by atoms with E-state index in [9.17, 15) is 4.79 Å². The molecule has 2 aromatic heterocycles. The summed E-state index contributed by atoms with van der Waals surface area (Å²) in [6.45, 7) is 0.433. The summed E-state index contributed by atoms with van der Waals surface area (Å²) in [5.41, 5.74) is 1.36. The normalized spacial score (nSPS) is 13.7. The molecule has 0 bridgehead atoms. The van der Waals surface area contributed by atoms with Crippen LogP contribution in [0.1, 0.15) is 40.6 Å². The van der Waals surface area contributed by atoms with Crippen molar-refractivity contribution >= 4 is 11.7 Å². The maximum absolute atomic E-state index is 13.0. The van der Waals surface area contributed by atoms with Gasteiger partial charge in [0.25, 0.3) is 5.91 Å². The van der Waals surface area contributed by atoms with E-state index in [-0.39, 0.29) is 5.91 Å². The van der Waals surface area contributed by atoms with Crippen LogP contribution in [-0.2, 0) is 6.54 Å². The van der Waals surface area contributed by atoms with Crippen molar-refractivity contribution in [2.45, 2.75) is 25.3 Å². The average Bonchev–Trinajstić information content (AvgIpc) is 3.38. The number of hydrogen-bond donors (Lipinski definition) is 0. The van der Waals surface area contributed by atoms with E-state index in [2.05, 4.69) is 10.1 Å². The zero-order valence-electron chi connectivity index (χ0n) is 13.1. The lowest BCUT2D eigenvalue weighted by Gasteiger charge is -2.20. The predicted octanol–water partition coefficient (Wildman–Crippen LogP) is 3.79. The van der Waals surface area contributed by atoms with Crippen LogP contribution in [0.3, 0.4) is 0 Å². The van der Waals surface area contributed by atoms with Crippen LogP contribution in [0, 0.1) is 0 Å². The summed E-state index contributed by atoms with van der Waals surface area (Å²) in [6, 6.07) is 17.1. The van der Waals surface area contributed by atoms with Crippen LogP contribution >= 0.6 is 0 Å². The Bertz CT molecular complexity index is 826. The van der Waals surface area contributed by atoms with E-state index in [0.717, 1.165) is 24.2 Å². The van der Waals surface area contributed by atoms with Crippen LogP contribution in [0.4, 0.5) is 5.82 Å². The van der Waals surface area contributed by atoms with Gasteiger partial charge in [0.1, 0.15) is 11.6 Å². The van der Waals surface area contributed by atoms with Gasteiger partial charge in [-0.3, -0.25) is 9.69 Å². The largest absolute Gasteiger partial charge is 0.360 e. The van der Waals surface area contributed by atoms with Crippen molar-refractivity contribution in [2.24, 2.45) is 0 Å². The van der Waals surface area contributed by atoms with Gasteiger partial charge >= 0.3 is 0 Å². The Hall–Kier alpha value is -2.95. The topological polar surface area (TPSA) is 59.2 Å². The first kappa shape index (κ1) is 14.6. The van der Waals surface area contributed by atoms with Crippen LogP contribution in [-0.4, -0.2) is 16.0 Å². The minimum atomic E-state index is -0.201. The van der Waals surface area contributed by atoms with Gasteiger partial charge in [0, 0.05) is 18.2 Å². The van der Waals surface area contributed by atoms with E-state index in [1.807, 2.05) is 48.5 Å². The van der Waals surface area contributed by atoms with Crippen molar-refractivity contribution in [1.82, 2.24) is 10.1 Å². The molecule has 0 N–H and O–H groups in total. The quantitative estimate of drug-likeness (QED) is 0.718. The SMILES string of the molecule is O=C(c1cc(C2CC2)on1)N(Cc1ccccc1)c1ccccn1. The fourth-order valence-electron chi connectivity index (χ4n) is 2.62. The maximum Gasteiger partial charge on any atom is 0.281 e. The van der Waals surface area contributed by atoms with Crippen LogP contribution in [0.5, 0.6) is 0 Å². The fourth-order valence-corrected chi connectivity index (χ4v) is 2.62. The van der Waals surface area contributed by atoms with Crippen LogP contribution in [0.2, 0.25) is 0 Å². The molecule has 0 radical (unpaired) electrons. The third-order valence-corrected chi connectivity index (χ3v) is 4.08. The van der Waals surface area contributed by atoms with Gasteiger partial charge in [0.05, 0.1) is 6.54 Å². The molecule has 0 unspecified atom stereocenters. The third kappa shape index (κ3) is 3.06. The van der Waals surface area contributed by atoms with Crippen LogP contribution < -0.4 is 4.90 Å². The third-order valence-electron chi connectivity index (χ3n) is 4.08. The summed E-state index contributed by atoms with van der Waals surface area (Å²) in [7, 11) is 0. The van der Waals surface area contributed by atoms with Gasteiger partial charge in [0.15, 0.2) is 5.69 Å². The Morgan fingerprint density at radius 1 is 1.12 bits per heavy atom. The van der Waals surface area contributed by atoms with Crippen molar-refractivity contribution in [3.05, 3.63) is 77.8 Å². The van der Waals surface area contributed by atoms with Gasteiger partial charge in [-0.2, -0.15) is 0 Å². The highest BCUT2D eigenvalue weighted by Crippen LogP contribution is 2.40. The van der Waals surface area contributed by atoms with Crippen molar-refractivity contribution in [3.63, 3.8) is 0 Å². The minimum absolute atomic E-state index is 0.201. The number of carbonyl (C=O) groups excluding carboxylic acids is 1. The molecule has 1 fully saturated rings. The summed E-state index contributed by atoms with van der Waals surface area (Å²) in [6.07, 6.45) is 3.90. The van der Waals surface area contributed by atoms with Crippen molar-refractivity contribution in [2.75, 3.05) is 4.90 Å². The number of rotatable bonds is 5. The summed E-state index contributed by atoms with van der Waals surface area (Å²) in [5, 5.41) is 3.97. The molecule has 0 saturated heterocycles. The number of nitrogens with zero attached hydrogens (tertiary/aromatic N) is 3. The molecule has 3 aromatic rings. The Morgan fingerprint density at radius 3 is 2.62 bits per heavy atom. The second-order valence-electron chi connectivity index (χ2n) is 5.95. The number of benzene rings is 1. The van der Waals surface area contributed by atoms with E-state index in [1.165, 1.54) is 0 Å². The van der Waals surface area contributed by atoms with Gasteiger partial charge < -0.3 is 4.52 Å². The zero-order valence-corrected chi connectivity index (χ0v) is 13.1. The molecule has 1 aliphatic carbocycles. The van der Waals surface area contributed by atoms with Gasteiger partial charge in [0.2, 0.25) is 0 Å². The maximum atomic E-state index is 13.0. The first-order valence-corrected chi connectivity index (χ1v) is 8.05. The Labute approximate surface area is 139 Å². The highest BCUT2D eigenvalue weighted by molar-refractivity contribution is 6.04. The highest BCUT2D eigenvalue weighted by atomic mass is 16.5. The number of anilines is 1. The Balaban J connectivity index is 1.64. The molecule has 120 valence electrons. The van der Waals surface area contributed by atoms with Gasteiger partial charge in [-0.05, 0) is 30.5 Å². The van der Waals surface area contributed by atoms with Gasteiger partial charge in [-0.25, -0.2) is 4.98 Å². The lowest BCUT2D eigenvalue weighted by atomic mass is 10.2. The van der Waals surface area contributed by atoms with E-state index in [4.69, 9.17) is 4.52 Å². The molecule has 0 aliphatic heterocycles. The molecule has 1 aliphatic rings. The highest BCUT2D eigenvalue weighted by Gasteiger charge is 2.30. The first-order chi connectivity index (χ1) is 11.8. The number of amides is 1. The molecule has 2 heterocycles. The van der Waals surface area contributed by atoms with Crippen LogP contribution in [0.25, 0.3) is 0 Å². The standard InChI is InChI=1S/C19H17N3O2/c23-19(16-12-17(24-21-16)15-9-10-15)22(18-8-4-5-11-20-18)13-14-6-2-1-3-7-14/h1-8,11-12,15H,9-10,13H2. The molecule has 24 heavy (non-hydrogen) atoms. The zero-order chi connectivity index (χ0) is 16.4. The molecule has 4 rings (SSSR count). The second kappa shape index (κ2) is 6.28. The molecule has 1 amide bonds. The minimum Gasteiger partial charge on any atom is -0.360 e. The molecule has 5 heteroatoms. The Kier molecular flexibility index (Phi) is 3.83. The Morgan fingerprint density at radius 2 is 1.92 bits per heavy atom. The van der Waals surface area contributed by atoms with Crippen molar-refractivity contribution in [3.8, 4) is 0 Å². The fraction of sp³-hybridized carbons (Fsp3) is 0.211. The molecule has 5 nitrogen and oxygen atoms in total. The van der Waals surface area contributed by atoms with Crippen molar-refractivity contribution in [1.29, 1.82) is 0 Å². The molecule has 0 atom stereocenters. The first-order valence-electron chi connectivity index (χ1n) is 8.05. The molecule has 1 saturated carbocycles. The summed E-state index contributed by atoms with van der Waals surface area (Å²) in [5.74, 6) is 1.63. The van der Waals surface area contributed by atoms with Gasteiger partial charge in [-0.1, -0.05) is 41.6 Å². The molecule has 0 spiro atoms. The molecular weight excluding hydrogens is 302 g/mol. The summed E-state index contributed by atoms with van der Waals surface area (Å²) in [4.78, 5) is 18.9. The van der Waals surface area contributed by atoms with Crippen molar-refractivity contribution < 1.29 is 9.32 Å². The molecular formula is C19H17N3O2. The number of aromatic nitrogens is 2. The lowest BCUT2D eigenvalue weighted by molar-refractivity contribution is 0.0975. The average molecular weight is 319 g/mol. The van der Waals surface area contributed by atoms with E-state index >= 15 is 0 Å². The van der Waals surface area contributed by atoms with E-state index < -0.39 is 0 Å². The predicted molar refractivity (Wildman–Crippen MR) is 89.7 cm³/mol. The number of carbonyl (C=O) groups is 1. The van der Waals surface area contributed by atoms with Crippen LogP contribution in [0.15, 0.2) is 65.3 Å². The second-order valence-corrected chi connectivity index (χ2v) is 5.95. The van der Waals surface area contributed by atoms with Gasteiger partial charge in [-0.15, -0.1) is 0 Å². The summed E-state index contributed by atoms with van der Waals surface area (Å²) < 4.78 is 5.33. The van der Waals surface area contributed by atoms with E-state index in [0.29, 0.717) is 24.0 Å². The van der Waals surface area contributed by atoms with E-state index in [1.54, 1.807) is 17.2 Å². The smallest absolute Gasteiger partial charge is 0.281 e. The summed E-state index contributed by atoms with van der Waals surface area (Å²) >= 11 is 0. The monoisotopic (exact) mass is 319 g/mol. The lowest BCUT2D eigenvalue weighted by Crippen LogP contribution is -2.31.